The van der Waals surface area contributed by atoms with Crippen LogP contribution in [0.5, 0.6) is 5.75 Å². The van der Waals surface area contributed by atoms with Crippen molar-refractivity contribution in [2.45, 2.75) is 25.6 Å². The minimum absolute atomic E-state index is 0. The van der Waals surface area contributed by atoms with Gasteiger partial charge in [-0.1, -0.05) is 0 Å². The molecule has 3 N–H and O–H groups in total. The second-order valence-corrected chi connectivity index (χ2v) is 4.13. The number of aliphatic imine (C=N–C) groups is 1. The molecule has 0 unspecified atom stereocenters. The molecular formula is C14H17F3IN3O. The van der Waals surface area contributed by atoms with Crippen molar-refractivity contribution in [3.63, 3.8) is 0 Å². The largest absolute Gasteiger partial charge is 0.573 e. The van der Waals surface area contributed by atoms with Gasteiger partial charge in [0.15, 0.2) is 5.96 Å². The number of nitrogens with zero attached hydrogens (tertiary/aromatic N) is 1. The van der Waals surface area contributed by atoms with Gasteiger partial charge in [0, 0.05) is 18.7 Å². The quantitative estimate of drug-likeness (QED) is 0.239. The summed E-state index contributed by atoms with van der Waals surface area (Å²) in [5.74, 6) is 2.43. The number of unbranched alkanes of at least 4 members (excludes halogenated alkanes) is 2. The third-order valence-electron chi connectivity index (χ3n) is 2.37. The van der Waals surface area contributed by atoms with Crippen LogP contribution in [0.4, 0.5) is 18.9 Å². The van der Waals surface area contributed by atoms with Crippen LogP contribution in [-0.2, 0) is 0 Å². The summed E-state index contributed by atoms with van der Waals surface area (Å²) in [4.78, 5) is 4.08. The lowest BCUT2D eigenvalue weighted by Gasteiger charge is -2.10. The molecule has 0 aliphatic rings. The first-order valence-corrected chi connectivity index (χ1v) is 6.27. The van der Waals surface area contributed by atoms with Crippen molar-refractivity contribution in [2.24, 2.45) is 10.7 Å². The predicted octanol–water partition coefficient (Wildman–Crippen LogP) is 3.73. The van der Waals surface area contributed by atoms with E-state index in [2.05, 4.69) is 21.0 Å². The summed E-state index contributed by atoms with van der Waals surface area (Å²) in [5.41, 5.74) is 6.17. The lowest BCUT2D eigenvalue weighted by Crippen LogP contribution is -2.23. The van der Waals surface area contributed by atoms with Gasteiger partial charge in [0.1, 0.15) is 5.75 Å². The van der Waals surface area contributed by atoms with Crippen molar-refractivity contribution in [3.05, 3.63) is 24.3 Å². The number of terminal acetylenes is 1. The molecular weight excluding hydrogens is 410 g/mol. The van der Waals surface area contributed by atoms with Crippen LogP contribution in [0.3, 0.4) is 0 Å². The number of alkyl halides is 3. The maximum Gasteiger partial charge on any atom is 0.573 e. The Morgan fingerprint density at radius 2 is 1.91 bits per heavy atom. The number of hydrogen-bond donors (Lipinski definition) is 2. The standard InChI is InChI=1S/C14H16F3N3O.HI/c1-2-3-4-5-10-19-13(18)20-11-6-8-12(9-7-11)21-14(15,16)17;/h1,6-9H,3-5,10H2,(H3,18,19,20);1H. The molecule has 0 saturated carbocycles. The van der Waals surface area contributed by atoms with Crippen molar-refractivity contribution in [1.82, 2.24) is 0 Å². The molecule has 0 heterocycles. The normalized spacial score (nSPS) is 11.3. The molecule has 0 atom stereocenters. The number of nitrogens with one attached hydrogen (secondary N) is 1. The molecule has 0 aromatic heterocycles. The first kappa shape index (κ1) is 20.4. The molecule has 8 heteroatoms. The molecule has 0 aliphatic heterocycles. The first-order valence-electron chi connectivity index (χ1n) is 6.27. The predicted molar refractivity (Wildman–Crippen MR) is 91.3 cm³/mol. The van der Waals surface area contributed by atoms with E-state index in [0.29, 0.717) is 18.7 Å². The third-order valence-corrected chi connectivity index (χ3v) is 2.37. The van der Waals surface area contributed by atoms with Crippen LogP contribution >= 0.6 is 24.0 Å². The maximum atomic E-state index is 12.0. The number of hydrogen-bond acceptors (Lipinski definition) is 2. The van der Waals surface area contributed by atoms with Crippen molar-refractivity contribution < 1.29 is 17.9 Å². The Kier molecular flexibility index (Phi) is 9.40. The van der Waals surface area contributed by atoms with E-state index < -0.39 is 6.36 Å². The molecule has 22 heavy (non-hydrogen) atoms. The van der Waals surface area contributed by atoms with Crippen molar-refractivity contribution in [1.29, 1.82) is 0 Å². The van der Waals surface area contributed by atoms with Crippen LogP contribution < -0.4 is 15.8 Å². The van der Waals surface area contributed by atoms with Gasteiger partial charge in [0.05, 0.1) is 0 Å². The summed E-state index contributed by atoms with van der Waals surface area (Å²) in [6, 6.07) is 5.22. The fraction of sp³-hybridized carbons (Fsp3) is 0.357. The summed E-state index contributed by atoms with van der Waals surface area (Å²) in [5, 5.41) is 2.77. The fourth-order valence-electron chi connectivity index (χ4n) is 1.47. The molecule has 0 spiro atoms. The van der Waals surface area contributed by atoms with Gasteiger partial charge in [0.2, 0.25) is 0 Å². The van der Waals surface area contributed by atoms with Gasteiger partial charge >= 0.3 is 6.36 Å². The lowest BCUT2D eigenvalue weighted by molar-refractivity contribution is -0.274. The molecule has 4 nitrogen and oxygen atoms in total. The first-order chi connectivity index (χ1) is 9.90. The Morgan fingerprint density at radius 3 is 2.45 bits per heavy atom. The van der Waals surface area contributed by atoms with Crippen LogP contribution in [0, 0.1) is 12.3 Å². The Balaban J connectivity index is 0.00000441. The topological polar surface area (TPSA) is 59.6 Å². The highest BCUT2D eigenvalue weighted by molar-refractivity contribution is 14.0. The molecule has 0 bridgehead atoms. The summed E-state index contributed by atoms with van der Waals surface area (Å²) < 4.78 is 39.7. The number of anilines is 1. The number of nitrogens with two attached hydrogens (primary N) is 1. The average molecular weight is 427 g/mol. The fourth-order valence-corrected chi connectivity index (χ4v) is 1.47. The summed E-state index contributed by atoms with van der Waals surface area (Å²) >= 11 is 0. The highest BCUT2D eigenvalue weighted by atomic mass is 127. The summed E-state index contributed by atoms with van der Waals surface area (Å²) in [6.07, 6.45) is 2.81. The number of ether oxygens (including phenoxy) is 1. The van der Waals surface area contributed by atoms with Crippen LogP contribution in [0.25, 0.3) is 0 Å². The molecule has 0 radical (unpaired) electrons. The minimum Gasteiger partial charge on any atom is -0.406 e. The Morgan fingerprint density at radius 1 is 1.27 bits per heavy atom. The molecule has 0 saturated heterocycles. The van der Waals surface area contributed by atoms with Gasteiger partial charge in [-0.25, -0.2) is 0 Å². The monoisotopic (exact) mass is 427 g/mol. The highest BCUT2D eigenvalue weighted by Crippen LogP contribution is 2.23. The average Bonchev–Trinajstić information content (AvgIpc) is 2.39. The van der Waals surface area contributed by atoms with Gasteiger partial charge in [-0.2, -0.15) is 0 Å². The van der Waals surface area contributed by atoms with E-state index in [9.17, 15) is 13.2 Å². The molecule has 0 fully saturated rings. The molecule has 122 valence electrons. The van der Waals surface area contributed by atoms with Crippen molar-refractivity contribution in [3.8, 4) is 18.1 Å². The number of benzene rings is 1. The molecule has 0 aliphatic carbocycles. The van der Waals surface area contributed by atoms with Crippen LogP contribution in [0.1, 0.15) is 19.3 Å². The highest BCUT2D eigenvalue weighted by Gasteiger charge is 2.30. The zero-order valence-corrected chi connectivity index (χ0v) is 14.0. The lowest BCUT2D eigenvalue weighted by atomic mass is 10.2. The van der Waals surface area contributed by atoms with Gasteiger partial charge in [0.25, 0.3) is 0 Å². The van der Waals surface area contributed by atoms with E-state index in [4.69, 9.17) is 12.2 Å². The number of halogens is 4. The third kappa shape index (κ3) is 9.33. The minimum atomic E-state index is -4.70. The van der Waals surface area contributed by atoms with Crippen LogP contribution in [0.15, 0.2) is 29.3 Å². The SMILES string of the molecule is C#CCCCCN=C(N)Nc1ccc(OC(F)(F)F)cc1.I. The smallest absolute Gasteiger partial charge is 0.406 e. The second kappa shape index (κ2) is 10.2. The van der Waals surface area contributed by atoms with E-state index >= 15 is 0 Å². The zero-order valence-electron chi connectivity index (χ0n) is 11.7. The molecule has 1 rings (SSSR count). The van der Waals surface area contributed by atoms with E-state index in [-0.39, 0.29) is 35.7 Å². The van der Waals surface area contributed by atoms with E-state index in [1.807, 2.05) is 0 Å². The second-order valence-electron chi connectivity index (χ2n) is 4.13. The summed E-state index contributed by atoms with van der Waals surface area (Å²) in [7, 11) is 0. The molecule has 0 amide bonds. The van der Waals surface area contributed by atoms with E-state index in [1.165, 1.54) is 24.3 Å². The summed E-state index contributed by atoms with van der Waals surface area (Å²) in [6.45, 7) is 0.537. The Labute approximate surface area is 144 Å². The Bertz CT molecular complexity index is 510. The zero-order chi connectivity index (χ0) is 15.7. The van der Waals surface area contributed by atoms with Gasteiger partial charge in [-0.3, -0.25) is 4.99 Å². The van der Waals surface area contributed by atoms with Crippen LogP contribution in [-0.4, -0.2) is 18.9 Å². The van der Waals surface area contributed by atoms with Crippen molar-refractivity contribution in [2.75, 3.05) is 11.9 Å². The maximum absolute atomic E-state index is 12.0. The van der Waals surface area contributed by atoms with Gasteiger partial charge in [-0.05, 0) is 37.1 Å². The Hall–Kier alpha value is -1.63. The van der Waals surface area contributed by atoms with E-state index in [0.717, 1.165) is 12.8 Å². The number of guanidine groups is 1. The van der Waals surface area contributed by atoms with Gasteiger partial charge < -0.3 is 15.8 Å². The number of rotatable bonds is 6. The molecule has 1 aromatic rings. The van der Waals surface area contributed by atoms with Gasteiger partial charge in [-0.15, -0.1) is 49.5 Å². The molecule has 1 aromatic carbocycles. The van der Waals surface area contributed by atoms with E-state index in [1.54, 1.807) is 0 Å². The van der Waals surface area contributed by atoms with Crippen LogP contribution in [0.2, 0.25) is 0 Å². The van der Waals surface area contributed by atoms with Crippen molar-refractivity contribution >= 4 is 35.6 Å².